The molecule has 0 bridgehead atoms. The molecule has 1 amide bonds. The quantitative estimate of drug-likeness (QED) is 0.543. The third-order valence-electron chi connectivity index (χ3n) is 5.33. The SMILES string of the molecule is Cc1ccc(C(=O)Nc2ccccc2)cc1N1C=Cc2ccccc2C1NC(C)(C)C. The van der Waals surface area contributed by atoms with Crippen LogP contribution in [0.4, 0.5) is 11.4 Å². The van der Waals surface area contributed by atoms with Gasteiger partial charge in [0.15, 0.2) is 0 Å². The van der Waals surface area contributed by atoms with E-state index in [-0.39, 0.29) is 17.6 Å². The molecule has 1 aliphatic heterocycles. The molecule has 0 saturated heterocycles. The summed E-state index contributed by atoms with van der Waals surface area (Å²) in [4.78, 5) is 15.1. The molecule has 4 heteroatoms. The topological polar surface area (TPSA) is 44.4 Å². The molecule has 4 rings (SSSR count). The first-order chi connectivity index (χ1) is 14.8. The summed E-state index contributed by atoms with van der Waals surface area (Å²) in [6.07, 6.45) is 4.20. The van der Waals surface area contributed by atoms with Gasteiger partial charge in [0.1, 0.15) is 6.17 Å². The van der Waals surface area contributed by atoms with Gasteiger partial charge in [-0.1, -0.05) is 48.5 Å². The molecule has 31 heavy (non-hydrogen) atoms. The molecule has 1 heterocycles. The van der Waals surface area contributed by atoms with Crippen molar-refractivity contribution >= 4 is 23.4 Å². The summed E-state index contributed by atoms with van der Waals surface area (Å²) in [7, 11) is 0. The second kappa shape index (κ2) is 8.40. The van der Waals surface area contributed by atoms with Gasteiger partial charge in [0.25, 0.3) is 5.91 Å². The summed E-state index contributed by atoms with van der Waals surface area (Å²) in [6.45, 7) is 8.59. The standard InChI is InChI=1S/C27H29N3O/c1-19-14-15-21(26(31)28-22-11-6-5-7-12-22)18-24(19)30-17-16-20-10-8-9-13-23(20)25(30)29-27(2,3)4/h5-18,25,29H,1-4H3,(H,28,31). The monoisotopic (exact) mass is 411 g/mol. The summed E-state index contributed by atoms with van der Waals surface area (Å²) < 4.78 is 0. The summed E-state index contributed by atoms with van der Waals surface area (Å²) in [6, 6.07) is 23.8. The van der Waals surface area contributed by atoms with Gasteiger partial charge in [-0.2, -0.15) is 0 Å². The van der Waals surface area contributed by atoms with E-state index in [1.54, 1.807) is 0 Å². The highest BCUT2D eigenvalue weighted by atomic mass is 16.1. The van der Waals surface area contributed by atoms with Gasteiger partial charge < -0.3 is 10.2 Å². The van der Waals surface area contributed by atoms with Crippen LogP contribution >= 0.6 is 0 Å². The Balaban J connectivity index is 1.70. The third kappa shape index (κ3) is 4.70. The van der Waals surface area contributed by atoms with Crippen LogP contribution in [-0.2, 0) is 0 Å². The molecule has 0 fully saturated rings. The van der Waals surface area contributed by atoms with Gasteiger partial charge in [0, 0.05) is 28.7 Å². The Hall–Kier alpha value is -3.37. The van der Waals surface area contributed by atoms with Crippen molar-refractivity contribution in [2.24, 2.45) is 0 Å². The van der Waals surface area contributed by atoms with Crippen LogP contribution < -0.4 is 15.5 Å². The van der Waals surface area contributed by atoms with Crippen LogP contribution in [0.15, 0.2) is 79.0 Å². The molecule has 0 aromatic heterocycles. The molecular formula is C27H29N3O. The minimum atomic E-state index is -0.117. The number of amides is 1. The number of para-hydroxylation sites is 1. The number of carbonyl (C=O) groups is 1. The molecule has 1 atom stereocenters. The molecular weight excluding hydrogens is 382 g/mol. The van der Waals surface area contributed by atoms with Crippen LogP contribution in [0.2, 0.25) is 0 Å². The lowest BCUT2D eigenvalue weighted by molar-refractivity contribution is 0.102. The Bertz CT molecular complexity index is 1110. The van der Waals surface area contributed by atoms with Crippen LogP contribution in [0.3, 0.4) is 0 Å². The maximum Gasteiger partial charge on any atom is 0.255 e. The molecule has 158 valence electrons. The molecule has 2 N–H and O–H groups in total. The zero-order chi connectivity index (χ0) is 22.0. The number of nitrogens with zero attached hydrogens (tertiary/aromatic N) is 1. The predicted molar refractivity (Wildman–Crippen MR) is 129 cm³/mol. The smallest absolute Gasteiger partial charge is 0.255 e. The molecule has 3 aromatic carbocycles. The maximum absolute atomic E-state index is 12.9. The average Bonchev–Trinajstić information content (AvgIpc) is 2.74. The van der Waals surface area contributed by atoms with Gasteiger partial charge in [-0.15, -0.1) is 0 Å². The van der Waals surface area contributed by atoms with Gasteiger partial charge in [-0.3, -0.25) is 10.1 Å². The van der Waals surface area contributed by atoms with Crippen LogP contribution in [0.25, 0.3) is 6.08 Å². The summed E-state index contributed by atoms with van der Waals surface area (Å²) >= 11 is 0. The number of carbonyl (C=O) groups excluding carboxylic acids is 1. The van der Waals surface area contributed by atoms with Crippen molar-refractivity contribution in [3.05, 3.63) is 101 Å². The van der Waals surface area contributed by atoms with Crippen LogP contribution in [0.1, 0.15) is 54.0 Å². The van der Waals surface area contributed by atoms with Crippen molar-refractivity contribution in [3.63, 3.8) is 0 Å². The van der Waals surface area contributed by atoms with E-state index >= 15 is 0 Å². The maximum atomic E-state index is 12.9. The number of hydrogen-bond donors (Lipinski definition) is 2. The Morgan fingerprint density at radius 3 is 2.39 bits per heavy atom. The molecule has 1 unspecified atom stereocenters. The van der Waals surface area contributed by atoms with E-state index in [2.05, 4.69) is 79.8 Å². The van der Waals surface area contributed by atoms with Crippen LogP contribution in [0, 0.1) is 6.92 Å². The number of hydrogen-bond acceptors (Lipinski definition) is 3. The Morgan fingerprint density at radius 1 is 0.935 bits per heavy atom. The highest BCUT2D eigenvalue weighted by Crippen LogP contribution is 2.36. The van der Waals surface area contributed by atoms with Crippen molar-refractivity contribution in [2.75, 3.05) is 10.2 Å². The van der Waals surface area contributed by atoms with Gasteiger partial charge in [-0.25, -0.2) is 0 Å². The van der Waals surface area contributed by atoms with E-state index in [0.717, 1.165) is 16.9 Å². The Kier molecular flexibility index (Phi) is 5.66. The summed E-state index contributed by atoms with van der Waals surface area (Å²) in [5.74, 6) is -0.117. The first-order valence-corrected chi connectivity index (χ1v) is 10.6. The molecule has 1 aliphatic rings. The second-order valence-electron chi connectivity index (χ2n) is 8.97. The fraction of sp³-hybridized carbons (Fsp3) is 0.222. The number of nitrogens with one attached hydrogen (secondary N) is 2. The lowest BCUT2D eigenvalue weighted by Gasteiger charge is -2.40. The highest BCUT2D eigenvalue weighted by Gasteiger charge is 2.29. The van der Waals surface area contributed by atoms with Gasteiger partial charge in [-0.05, 0) is 74.7 Å². The van der Waals surface area contributed by atoms with E-state index in [1.165, 1.54) is 11.1 Å². The zero-order valence-electron chi connectivity index (χ0n) is 18.5. The summed E-state index contributed by atoms with van der Waals surface area (Å²) in [5.41, 5.74) is 5.88. The van der Waals surface area contributed by atoms with Crippen LogP contribution in [0.5, 0.6) is 0 Å². The van der Waals surface area contributed by atoms with E-state index in [4.69, 9.17) is 0 Å². The molecule has 0 radical (unpaired) electrons. The number of aryl methyl sites for hydroxylation is 1. The number of anilines is 2. The third-order valence-corrected chi connectivity index (χ3v) is 5.33. The van der Waals surface area contributed by atoms with Gasteiger partial charge >= 0.3 is 0 Å². The second-order valence-corrected chi connectivity index (χ2v) is 8.97. The van der Waals surface area contributed by atoms with Gasteiger partial charge in [0.05, 0.1) is 0 Å². The number of benzene rings is 3. The minimum Gasteiger partial charge on any atom is -0.327 e. The lowest BCUT2D eigenvalue weighted by Crippen LogP contribution is -2.46. The first-order valence-electron chi connectivity index (χ1n) is 10.6. The molecule has 3 aromatic rings. The zero-order valence-corrected chi connectivity index (χ0v) is 18.5. The molecule has 0 spiro atoms. The summed E-state index contributed by atoms with van der Waals surface area (Å²) in [5, 5.41) is 6.73. The molecule has 0 aliphatic carbocycles. The van der Waals surface area contributed by atoms with Crippen molar-refractivity contribution in [3.8, 4) is 0 Å². The fourth-order valence-electron chi connectivity index (χ4n) is 3.84. The first kappa shape index (κ1) is 20.9. The van der Waals surface area contributed by atoms with E-state index < -0.39 is 0 Å². The van der Waals surface area contributed by atoms with E-state index in [1.807, 2.05) is 48.5 Å². The van der Waals surface area contributed by atoms with Crippen molar-refractivity contribution in [1.29, 1.82) is 0 Å². The predicted octanol–water partition coefficient (Wildman–Crippen LogP) is 6.12. The fourth-order valence-corrected chi connectivity index (χ4v) is 3.84. The average molecular weight is 412 g/mol. The van der Waals surface area contributed by atoms with Crippen molar-refractivity contribution < 1.29 is 4.79 Å². The number of rotatable bonds is 4. The number of fused-ring (bicyclic) bond motifs is 1. The minimum absolute atomic E-state index is 0.0349. The van der Waals surface area contributed by atoms with Crippen molar-refractivity contribution in [2.45, 2.75) is 39.4 Å². The van der Waals surface area contributed by atoms with E-state index in [9.17, 15) is 4.79 Å². The lowest BCUT2D eigenvalue weighted by atomic mass is 9.97. The normalized spacial score (nSPS) is 15.5. The van der Waals surface area contributed by atoms with Gasteiger partial charge in [0.2, 0.25) is 0 Å². The molecule has 4 nitrogen and oxygen atoms in total. The van der Waals surface area contributed by atoms with Crippen LogP contribution in [-0.4, -0.2) is 11.4 Å². The highest BCUT2D eigenvalue weighted by molar-refractivity contribution is 6.05. The Labute approximate surface area is 184 Å². The van der Waals surface area contributed by atoms with E-state index in [0.29, 0.717) is 5.56 Å². The largest absolute Gasteiger partial charge is 0.327 e. The molecule has 0 saturated carbocycles. The Morgan fingerprint density at radius 2 is 1.65 bits per heavy atom. The van der Waals surface area contributed by atoms with Crippen molar-refractivity contribution in [1.82, 2.24) is 5.32 Å².